The van der Waals surface area contributed by atoms with Gasteiger partial charge in [-0.3, -0.25) is 0 Å². The third kappa shape index (κ3) is 456. The first-order valence-electron chi connectivity index (χ1n) is 3.31. The van der Waals surface area contributed by atoms with Crippen LogP contribution in [0.3, 0.4) is 0 Å². The van der Waals surface area contributed by atoms with Crippen LogP contribution in [-0.2, 0) is 17.1 Å². The topological polar surface area (TPSA) is 59.9 Å². The van der Waals surface area contributed by atoms with Crippen molar-refractivity contribution in [3.05, 3.63) is 5.84 Å². The Morgan fingerprint density at radius 2 is 1.17 bits per heavy atom. The monoisotopic (exact) mass is 216 g/mol. The number of rotatable bonds is 1. The van der Waals surface area contributed by atoms with E-state index in [-0.39, 0.29) is 25.5 Å². The van der Waals surface area contributed by atoms with Crippen LogP contribution >= 0.6 is 0 Å². The molecule has 0 aliphatic carbocycles. The molecule has 0 aromatic rings. The van der Waals surface area contributed by atoms with E-state index in [4.69, 9.17) is 5.84 Å². The molecular formula is C6H22BMnN4+. The van der Waals surface area contributed by atoms with E-state index in [0.717, 1.165) is 6.54 Å². The maximum absolute atomic E-state index is 5.96. The van der Waals surface area contributed by atoms with Crippen LogP contribution in [0.4, 0.5) is 0 Å². The molecule has 0 aliphatic rings. The molecule has 0 fully saturated rings. The van der Waals surface area contributed by atoms with Crippen molar-refractivity contribution in [2.24, 2.45) is 0 Å². The van der Waals surface area contributed by atoms with Gasteiger partial charge in [0.15, 0.2) is 0 Å². The van der Waals surface area contributed by atoms with Crippen LogP contribution < -0.4 is 16.1 Å². The van der Waals surface area contributed by atoms with E-state index in [1.807, 2.05) is 26.6 Å². The van der Waals surface area contributed by atoms with Crippen molar-refractivity contribution in [3.63, 3.8) is 0 Å². The SMILES string of the molecule is CCNC.CNC.CN[NH-].[BH].[Mn+2]. The smallest absolute Gasteiger partial charge is 0.613 e. The fraction of sp³-hybridized carbons (Fsp3) is 1.00. The summed E-state index contributed by atoms with van der Waals surface area (Å²) in [5.74, 6) is 5.96. The van der Waals surface area contributed by atoms with Crippen molar-refractivity contribution >= 4 is 8.41 Å². The second-order valence-electron chi connectivity index (χ2n) is 1.46. The van der Waals surface area contributed by atoms with E-state index in [1.54, 1.807) is 7.05 Å². The van der Waals surface area contributed by atoms with Crippen LogP contribution in [0.5, 0.6) is 0 Å². The van der Waals surface area contributed by atoms with Gasteiger partial charge in [-0.05, 0) is 34.7 Å². The summed E-state index contributed by atoms with van der Waals surface area (Å²) in [5.41, 5.74) is 2.00. The third-order valence-electron chi connectivity index (χ3n) is 0.354. The summed E-state index contributed by atoms with van der Waals surface area (Å²) in [5, 5.41) is 5.68. The molecule has 4 N–H and O–H groups in total. The average Bonchev–Trinajstić information content (AvgIpc) is 1.91. The van der Waals surface area contributed by atoms with E-state index < -0.39 is 0 Å². The average molecular weight is 216 g/mol. The quantitative estimate of drug-likeness (QED) is 0.412. The van der Waals surface area contributed by atoms with Gasteiger partial charge < -0.3 is 21.9 Å². The summed E-state index contributed by atoms with van der Waals surface area (Å²) in [6, 6.07) is 0. The minimum absolute atomic E-state index is 0. The Morgan fingerprint density at radius 3 is 1.17 bits per heavy atom. The van der Waals surface area contributed by atoms with Crippen molar-refractivity contribution in [1.29, 1.82) is 0 Å². The summed E-state index contributed by atoms with van der Waals surface area (Å²) >= 11 is 0. The molecule has 0 aromatic heterocycles. The van der Waals surface area contributed by atoms with Crippen LogP contribution in [0.1, 0.15) is 6.92 Å². The summed E-state index contributed by atoms with van der Waals surface area (Å²) in [7, 11) is 7.22. The summed E-state index contributed by atoms with van der Waals surface area (Å²) < 4.78 is 0. The Labute approximate surface area is 89.5 Å². The van der Waals surface area contributed by atoms with Crippen molar-refractivity contribution < 1.29 is 17.1 Å². The largest absolute Gasteiger partial charge is 2.00 e. The van der Waals surface area contributed by atoms with E-state index in [2.05, 4.69) is 17.6 Å². The maximum Gasteiger partial charge on any atom is 2.00 e. The molecule has 0 saturated heterocycles. The van der Waals surface area contributed by atoms with Gasteiger partial charge in [-0.1, -0.05) is 6.92 Å². The Kier molecular flexibility index (Phi) is 155. The fourth-order valence-corrected chi connectivity index (χ4v) is 0. The molecule has 0 heterocycles. The molecule has 12 heavy (non-hydrogen) atoms. The van der Waals surface area contributed by atoms with Gasteiger partial charge in [-0.25, -0.2) is 0 Å². The van der Waals surface area contributed by atoms with Crippen molar-refractivity contribution in [3.8, 4) is 0 Å². The molecule has 4 nitrogen and oxygen atoms in total. The van der Waals surface area contributed by atoms with Crippen molar-refractivity contribution in [1.82, 2.24) is 16.1 Å². The molecule has 0 rings (SSSR count). The second kappa shape index (κ2) is 63.4. The number of hydrogen-bond acceptors (Lipinski definition) is 3. The van der Waals surface area contributed by atoms with E-state index >= 15 is 0 Å². The molecule has 0 spiro atoms. The van der Waals surface area contributed by atoms with Gasteiger partial charge in [-0.15, -0.1) is 0 Å². The Balaban J connectivity index is -0.0000000191. The van der Waals surface area contributed by atoms with Gasteiger partial charge in [0.1, 0.15) is 0 Å². The summed E-state index contributed by atoms with van der Waals surface area (Å²) in [6.45, 7) is 3.14. The van der Waals surface area contributed by atoms with E-state index in [1.165, 1.54) is 0 Å². The molecule has 0 amide bonds. The minimum atomic E-state index is 0. The first-order valence-corrected chi connectivity index (χ1v) is 3.31. The standard InChI is InChI=1S/C3H9N.C2H7N.CH5N2.BH.Mn/c1-3-4-2;2*1-3-2;;/h4H,3H2,1-2H3;3H,1-2H3;2-3H,1H3;1H;/q;;-1;;+2. The first-order chi connectivity index (χ1) is 4.74. The molecule has 0 aliphatic heterocycles. The van der Waals surface area contributed by atoms with Crippen LogP contribution in [0.2, 0.25) is 0 Å². The van der Waals surface area contributed by atoms with E-state index in [9.17, 15) is 0 Å². The van der Waals surface area contributed by atoms with Crippen LogP contribution in [-0.4, -0.2) is 43.1 Å². The molecule has 0 aromatic carbocycles. The van der Waals surface area contributed by atoms with Gasteiger partial charge in [-0.2, -0.15) is 0 Å². The normalized spacial score (nSPS) is 5.50. The predicted octanol–water partition coefficient (Wildman–Crippen LogP) is -0.417. The number of nitrogens with one attached hydrogen (secondary N) is 4. The van der Waals surface area contributed by atoms with Gasteiger partial charge in [0.05, 0.1) is 0 Å². The zero-order chi connectivity index (χ0) is 8.83. The molecule has 0 saturated carbocycles. The zero-order valence-corrected chi connectivity index (χ0v) is 9.97. The molecule has 0 unspecified atom stereocenters. The molecular weight excluding hydrogens is 194 g/mol. The third-order valence-corrected chi connectivity index (χ3v) is 0.354. The maximum atomic E-state index is 5.96. The first kappa shape index (κ1) is 29.4. The van der Waals surface area contributed by atoms with Gasteiger partial charge in [0.2, 0.25) is 0 Å². The molecule has 6 heteroatoms. The Hall–Kier alpha value is 0.424. The number of hydrogen-bond donors (Lipinski definition) is 3. The Bertz CT molecular complexity index is 31.5. The Morgan fingerprint density at radius 1 is 1.08 bits per heavy atom. The van der Waals surface area contributed by atoms with Gasteiger partial charge >= 0.3 is 17.1 Å². The zero-order valence-electron chi connectivity index (χ0n) is 8.79. The summed E-state index contributed by atoms with van der Waals surface area (Å²) in [6.07, 6.45) is 0. The minimum Gasteiger partial charge on any atom is -0.613 e. The van der Waals surface area contributed by atoms with Gasteiger partial charge in [0, 0.05) is 8.41 Å². The van der Waals surface area contributed by atoms with E-state index in [0.29, 0.717) is 0 Å². The summed E-state index contributed by atoms with van der Waals surface area (Å²) in [4.78, 5) is 0. The predicted molar refractivity (Wildman–Crippen MR) is 55.1 cm³/mol. The fourth-order valence-electron chi connectivity index (χ4n) is 0. The molecule has 3 radical (unpaired) electrons. The van der Waals surface area contributed by atoms with Crippen LogP contribution in [0, 0.1) is 0 Å². The van der Waals surface area contributed by atoms with Crippen LogP contribution in [0.15, 0.2) is 0 Å². The second-order valence-corrected chi connectivity index (χ2v) is 1.46. The van der Waals surface area contributed by atoms with Gasteiger partial charge in [0.25, 0.3) is 0 Å². The molecule has 75 valence electrons. The van der Waals surface area contributed by atoms with Crippen LogP contribution in [0.25, 0.3) is 5.84 Å². The molecule has 0 atom stereocenters. The molecule has 0 bridgehead atoms. The van der Waals surface area contributed by atoms with Crippen molar-refractivity contribution in [2.45, 2.75) is 6.92 Å². The van der Waals surface area contributed by atoms with Crippen molar-refractivity contribution in [2.75, 3.05) is 34.7 Å².